The van der Waals surface area contributed by atoms with Crippen molar-refractivity contribution in [3.63, 3.8) is 0 Å². The number of anilines is 1. The first-order valence-electron chi connectivity index (χ1n) is 10.6. The number of carbonyl (C=O) groups excluding carboxylic acids is 4. The van der Waals surface area contributed by atoms with Crippen LogP contribution >= 0.6 is 0 Å². The molecular weight excluding hydrogens is 420 g/mol. The van der Waals surface area contributed by atoms with Crippen LogP contribution in [0.2, 0.25) is 0 Å². The molecule has 3 aromatic carbocycles. The fraction of sp³-hybridized carbons (Fsp3) is 0.200. The van der Waals surface area contributed by atoms with Gasteiger partial charge in [-0.3, -0.25) is 19.3 Å². The summed E-state index contributed by atoms with van der Waals surface area (Å²) in [4.78, 5) is 53.0. The van der Waals surface area contributed by atoms with Gasteiger partial charge in [0.05, 0.1) is 0 Å². The molecule has 0 bridgehead atoms. The number of nitrogens with one attached hydrogen (secondary N) is 1. The molecule has 8 nitrogen and oxygen atoms in total. The van der Waals surface area contributed by atoms with E-state index in [1.807, 2.05) is 36.4 Å². The number of carbonyl (C=O) groups is 4. The SMILES string of the molecule is CC1(c2cccc3ccccc23)NC(=O)N(CC(=O)N(CCC(N)=O)c2ccccc2)C1=O. The molecule has 0 aliphatic carbocycles. The summed E-state index contributed by atoms with van der Waals surface area (Å²) in [5.74, 6) is -1.56. The minimum absolute atomic E-state index is 0.0441. The maximum absolute atomic E-state index is 13.4. The molecule has 1 heterocycles. The molecule has 0 saturated carbocycles. The molecule has 1 atom stereocenters. The summed E-state index contributed by atoms with van der Waals surface area (Å²) in [6.07, 6.45) is -0.0471. The Morgan fingerprint density at radius 3 is 2.36 bits per heavy atom. The molecule has 3 aromatic rings. The Kier molecular flexibility index (Phi) is 5.83. The quantitative estimate of drug-likeness (QED) is 0.545. The van der Waals surface area contributed by atoms with E-state index >= 15 is 0 Å². The zero-order valence-electron chi connectivity index (χ0n) is 18.2. The summed E-state index contributed by atoms with van der Waals surface area (Å²) in [6.45, 7) is 1.22. The highest BCUT2D eigenvalue weighted by atomic mass is 16.2. The molecule has 1 aliphatic heterocycles. The molecule has 1 saturated heterocycles. The van der Waals surface area contributed by atoms with Gasteiger partial charge in [0.2, 0.25) is 11.8 Å². The predicted octanol–water partition coefficient (Wildman–Crippen LogP) is 2.52. The fourth-order valence-corrected chi connectivity index (χ4v) is 4.13. The number of amides is 5. The van der Waals surface area contributed by atoms with Gasteiger partial charge in [0.15, 0.2) is 0 Å². The van der Waals surface area contributed by atoms with Crippen LogP contribution in [-0.4, -0.2) is 41.7 Å². The maximum atomic E-state index is 13.4. The summed E-state index contributed by atoms with van der Waals surface area (Å²) in [7, 11) is 0. The topological polar surface area (TPSA) is 113 Å². The lowest BCUT2D eigenvalue weighted by Gasteiger charge is -2.26. The lowest BCUT2D eigenvalue weighted by Crippen LogP contribution is -2.45. The first-order chi connectivity index (χ1) is 15.8. The Hall–Kier alpha value is -4.20. The van der Waals surface area contributed by atoms with E-state index in [-0.39, 0.29) is 13.0 Å². The van der Waals surface area contributed by atoms with Crippen LogP contribution in [0.4, 0.5) is 10.5 Å². The van der Waals surface area contributed by atoms with E-state index in [1.54, 1.807) is 43.3 Å². The summed E-state index contributed by atoms with van der Waals surface area (Å²) >= 11 is 0. The van der Waals surface area contributed by atoms with Gasteiger partial charge in [-0.1, -0.05) is 60.7 Å². The highest BCUT2D eigenvalue weighted by Crippen LogP contribution is 2.34. The molecule has 168 valence electrons. The second-order valence-corrected chi connectivity index (χ2v) is 8.07. The number of fused-ring (bicyclic) bond motifs is 1. The second kappa shape index (κ2) is 8.74. The Bertz CT molecular complexity index is 1240. The summed E-state index contributed by atoms with van der Waals surface area (Å²) < 4.78 is 0. The third-order valence-electron chi connectivity index (χ3n) is 5.85. The van der Waals surface area contributed by atoms with Gasteiger partial charge in [-0.05, 0) is 35.4 Å². The molecule has 0 spiro atoms. The van der Waals surface area contributed by atoms with Crippen molar-refractivity contribution < 1.29 is 19.2 Å². The lowest BCUT2D eigenvalue weighted by molar-refractivity contribution is -0.134. The van der Waals surface area contributed by atoms with Crippen LogP contribution in [-0.2, 0) is 19.9 Å². The Labute approximate surface area is 191 Å². The van der Waals surface area contributed by atoms with Crippen molar-refractivity contribution in [3.05, 3.63) is 78.4 Å². The molecule has 0 radical (unpaired) electrons. The smallest absolute Gasteiger partial charge is 0.325 e. The number of nitrogens with zero attached hydrogens (tertiary/aromatic N) is 2. The standard InChI is InChI=1S/C25H24N4O4/c1-25(20-13-7-9-17-8-5-6-12-19(17)20)23(32)29(24(33)27-25)16-22(31)28(15-14-21(26)30)18-10-3-2-4-11-18/h2-13H,14-16H2,1H3,(H2,26,30)(H,27,33). The zero-order chi connectivity index (χ0) is 23.6. The third kappa shape index (κ3) is 4.15. The number of urea groups is 1. The third-order valence-corrected chi connectivity index (χ3v) is 5.85. The van der Waals surface area contributed by atoms with Gasteiger partial charge in [0.1, 0.15) is 12.1 Å². The molecule has 3 N–H and O–H groups in total. The van der Waals surface area contributed by atoms with E-state index in [9.17, 15) is 19.2 Å². The van der Waals surface area contributed by atoms with Crippen LogP contribution < -0.4 is 16.0 Å². The van der Waals surface area contributed by atoms with Gasteiger partial charge >= 0.3 is 6.03 Å². The van der Waals surface area contributed by atoms with Crippen molar-refractivity contribution in [1.82, 2.24) is 10.2 Å². The van der Waals surface area contributed by atoms with Crippen molar-refractivity contribution in [3.8, 4) is 0 Å². The molecular formula is C25H24N4O4. The van der Waals surface area contributed by atoms with Crippen molar-refractivity contribution in [2.45, 2.75) is 18.9 Å². The van der Waals surface area contributed by atoms with Crippen LogP contribution in [0.1, 0.15) is 18.9 Å². The number of imide groups is 1. The van der Waals surface area contributed by atoms with Gasteiger partial charge in [-0.2, -0.15) is 0 Å². The van der Waals surface area contributed by atoms with Crippen molar-refractivity contribution >= 4 is 40.2 Å². The van der Waals surface area contributed by atoms with E-state index in [2.05, 4.69) is 5.32 Å². The molecule has 5 amide bonds. The largest absolute Gasteiger partial charge is 0.370 e. The highest BCUT2D eigenvalue weighted by molar-refractivity contribution is 6.12. The van der Waals surface area contributed by atoms with E-state index in [0.717, 1.165) is 15.7 Å². The van der Waals surface area contributed by atoms with E-state index in [1.165, 1.54) is 4.90 Å². The number of nitrogens with two attached hydrogens (primary N) is 1. The van der Waals surface area contributed by atoms with E-state index in [4.69, 9.17) is 5.73 Å². The normalized spacial score (nSPS) is 17.8. The zero-order valence-corrected chi connectivity index (χ0v) is 18.2. The fourth-order valence-electron chi connectivity index (χ4n) is 4.13. The lowest BCUT2D eigenvalue weighted by atomic mass is 9.88. The molecule has 1 unspecified atom stereocenters. The second-order valence-electron chi connectivity index (χ2n) is 8.07. The number of para-hydroxylation sites is 1. The van der Waals surface area contributed by atoms with Gasteiger partial charge in [-0.25, -0.2) is 4.79 Å². The van der Waals surface area contributed by atoms with Crippen LogP contribution in [0.15, 0.2) is 72.8 Å². The Morgan fingerprint density at radius 2 is 1.64 bits per heavy atom. The maximum Gasteiger partial charge on any atom is 0.325 e. The predicted molar refractivity (Wildman–Crippen MR) is 124 cm³/mol. The first-order valence-corrected chi connectivity index (χ1v) is 10.6. The van der Waals surface area contributed by atoms with Gasteiger partial charge in [0, 0.05) is 18.7 Å². The van der Waals surface area contributed by atoms with Crippen LogP contribution in [0.5, 0.6) is 0 Å². The van der Waals surface area contributed by atoms with Crippen molar-refractivity contribution in [2.75, 3.05) is 18.0 Å². The summed E-state index contributed by atoms with van der Waals surface area (Å²) in [6, 6.07) is 21.2. The number of benzene rings is 3. The summed E-state index contributed by atoms with van der Waals surface area (Å²) in [5.41, 5.74) is 5.15. The minimum Gasteiger partial charge on any atom is -0.370 e. The van der Waals surface area contributed by atoms with Crippen molar-refractivity contribution in [1.29, 1.82) is 0 Å². The number of primary amides is 1. The van der Waals surface area contributed by atoms with E-state index < -0.39 is 35.8 Å². The molecule has 8 heteroatoms. The molecule has 1 aliphatic rings. The van der Waals surface area contributed by atoms with Gasteiger partial charge in [-0.15, -0.1) is 0 Å². The number of hydrogen-bond acceptors (Lipinski definition) is 4. The molecule has 33 heavy (non-hydrogen) atoms. The first kappa shape index (κ1) is 22.0. The molecule has 0 aromatic heterocycles. The van der Waals surface area contributed by atoms with Gasteiger partial charge < -0.3 is 16.0 Å². The Balaban J connectivity index is 1.62. The highest BCUT2D eigenvalue weighted by Gasteiger charge is 2.50. The molecule has 1 fully saturated rings. The Morgan fingerprint density at radius 1 is 0.970 bits per heavy atom. The summed E-state index contributed by atoms with van der Waals surface area (Å²) in [5, 5.41) is 4.55. The minimum atomic E-state index is -1.32. The average Bonchev–Trinajstić information content (AvgIpc) is 3.03. The van der Waals surface area contributed by atoms with Crippen LogP contribution in [0.3, 0.4) is 0 Å². The van der Waals surface area contributed by atoms with E-state index in [0.29, 0.717) is 11.3 Å². The number of rotatable bonds is 7. The van der Waals surface area contributed by atoms with Crippen molar-refractivity contribution in [2.24, 2.45) is 5.73 Å². The van der Waals surface area contributed by atoms with Crippen LogP contribution in [0, 0.1) is 0 Å². The van der Waals surface area contributed by atoms with Crippen LogP contribution in [0.25, 0.3) is 10.8 Å². The monoisotopic (exact) mass is 444 g/mol. The number of hydrogen-bond donors (Lipinski definition) is 2. The average molecular weight is 444 g/mol. The molecule has 4 rings (SSSR count). The van der Waals surface area contributed by atoms with Gasteiger partial charge in [0.25, 0.3) is 5.91 Å².